The maximum absolute atomic E-state index is 12.2. The molecule has 0 aliphatic heterocycles. The normalized spacial score (nSPS) is 23.1. The smallest absolute Gasteiger partial charge is 0.405 e. The molecule has 1 aromatic carbocycles. The predicted octanol–water partition coefficient (Wildman–Crippen LogP) is 3.74. The first-order valence-corrected chi connectivity index (χ1v) is 7.58. The predicted molar refractivity (Wildman–Crippen MR) is 75.9 cm³/mol. The molecule has 0 radical (unpaired) electrons. The van der Waals surface area contributed by atoms with Crippen LogP contribution in [0.15, 0.2) is 22.7 Å². The van der Waals surface area contributed by atoms with Crippen molar-refractivity contribution in [3.05, 3.63) is 28.2 Å². The van der Waals surface area contributed by atoms with Crippen LogP contribution in [-0.2, 0) is 6.54 Å². The van der Waals surface area contributed by atoms with Gasteiger partial charge in [0, 0.05) is 12.6 Å². The monoisotopic (exact) mass is 367 g/mol. The van der Waals surface area contributed by atoms with Crippen molar-refractivity contribution in [2.24, 2.45) is 0 Å². The van der Waals surface area contributed by atoms with Gasteiger partial charge in [-0.15, -0.1) is 13.2 Å². The number of benzene rings is 1. The number of halogens is 4. The van der Waals surface area contributed by atoms with E-state index in [4.69, 9.17) is 0 Å². The van der Waals surface area contributed by atoms with Gasteiger partial charge in [-0.25, -0.2) is 0 Å². The maximum atomic E-state index is 12.2. The summed E-state index contributed by atoms with van der Waals surface area (Å²) in [5.74, 6) is -0.251. The van der Waals surface area contributed by atoms with E-state index in [2.05, 4.69) is 26.0 Å². The van der Waals surface area contributed by atoms with Crippen LogP contribution in [0.25, 0.3) is 0 Å². The van der Waals surface area contributed by atoms with Crippen LogP contribution in [0.3, 0.4) is 0 Å². The fourth-order valence-corrected chi connectivity index (χ4v) is 2.98. The van der Waals surface area contributed by atoms with E-state index in [1.165, 1.54) is 6.07 Å². The third kappa shape index (κ3) is 5.48. The molecule has 1 aliphatic carbocycles. The van der Waals surface area contributed by atoms with E-state index in [1.807, 2.05) is 0 Å². The molecule has 3 nitrogen and oxygen atoms in total. The highest BCUT2D eigenvalue weighted by Gasteiger charge is 2.31. The molecule has 2 rings (SSSR count). The standard InChI is InChI=1S/C14H17BrF3NO2/c15-12-6-9(4-5-13(12)21-14(16,17)18)8-19-10-2-1-3-11(20)7-10/h4-6,10-11,19-20H,1-3,7-8H2. The lowest BCUT2D eigenvalue weighted by Crippen LogP contribution is -2.35. The van der Waals surface area contributed by atoms with Gasteiger partial charge in [-0.05, 0) is 59.3 Å². The Bertz CT molecular complexity index is 482. The fourth-order valence-electron chi connectivity index (χ4n) is 2.47. The van der Waals surface area contributed by atoms with Crippen LogP contribution in [-0.4, -0.2) is 23.6 Å². The minimum atomic E-state index is -4.69. The SMILES string of the molecule is OC1CCCC(NCc2ccc(OC(F)(F)F)c(Br)c2)C1. The second-order valence-electron chi connectivity index (χ2n) is 5.21. The molecule has 0 spiro atoms. The Morgan fingerprint density at radius 2 is 2.10 bits per heavy atom. The lowest BCUT2D eigenvalue weighted by atomic mass is 9.93. The topological polar surface area (TPSA) is 41.5 Å². The van der Waals surface area contributed by atoms with E-state index < -0.39 is 6.36 Å². The summed E-state index contributed by atoms with van der Waals surface area (Å²) in [6.07, 6.45) is -1.40. The van der Waals surface area contributed by atoms with Gasteiger partial charge in [-0.2, -0.15) is 0 Å². The van der Waals surface area contributed by atoms with Crippen molar-refractivity contribution in [2.45, 2.75) is 50.7 Å². The van der Waals surface area contributed by atoms with Gasteiger partial charge in [0.15, 0.2) is 0 Å². The highest BCUT2D eigenvalue weighted by atomic mass is 79.9. The number of aliphatic hydroxyl groups excluding tert-OH is 1. The number of rotatable bonds is 4. The van der Waals surface area contributed by atoms with Crippen molar-refractivity contribution in [1.29, 1.82) is 0 Å². The minimum Gasteiger partial charge on any atom is -0.405 e. The molecular formula is C14H17BrF3NO2. The van der Waals surface area contributed by atoms with E-state index in [0.717, 1.165) is 31.2 Å². The van der Waals surface area contributed by atoms with Crippen LogP contribution < -0.4 is 10.1 Å². The molecule has 2 N–H and O–H groups in total. The Morgan fingerprint density at radius 3 is 2.71 bits per heavy atom. The Labute approximate surface area is 129 Å². The molecule has 21 heavy (non-hydrogen) atoms. The molecule has 1 aliphatic rings. The van der Waals surface area contributed by atoms with Crippen LogP contribution in [0.1, 0.15) is 31.2 Å². The Hall–Kier alpha value is -0.790. The Kier molecular flexibility index (Phi) is 5.51. The van der Waals surface area contributed by atoms with Crippen LogP contribution in [0.5, 0.6) is 5.75 Å². The largest absolute Gasteiger partial charge is 0.573 e. The van der Waals surface area contributed by atoms with Crippen LogP contribution in [0.4, 0.5) is 13.2 Å². The molecule has 118 valence electrons. The first kappa shape index (κ1) is 16.6. The number of aliphatic hydroxyl groups is 1. The van der Waals surface area contributed by atoms with E-state index in [-0.39, 0.29) is 22.4 Å². The zero-order valence-electron chi connectivity index (χ0n) is 11.3. The molecule has 0 bridgehead atoms. The molecule has 1 aromatic rings. The molecule has 0 aromatic heterocycles. The number of nitrogens with one attached hydrogen (secondary N) is 1. The summed E-state index contributed by atoms with van der Waals surface area (Å²) < 4.78 is 40.7. The van der Waals surface area contributed by atoms with Crippen molar-refractivity contribution in [3.63, 3.8) is 0 Å². The Morgan fingerprint density at radius 1 is 1.33 bits per heavy atom. The molecule has 1 saturated carbocycles. The van der Waals surface area contributed by atoms with Gasteiger partial charge in [0.1, 0.15) is 5.75 Å². The molecule has 0 amide bonds. The second-order valence-corrected chi connectivity index (χ2v) is 6.07. The summed E-state index contributed by atoms with van der Waals surface area (Å²) in [7, 11) is 0. The van der Waals surface area contributed by atoms with Gasteiger partial charge < -0.3 is 15.2 Å². The van der Waals surface area contributed by atoms with Crippen LogP contribution in [0.2, 0.25) is 0 Å². The summed E-state index contributed by atoms with van der Waals surface area (Å²) in [5.41, 5.74) is 0.858. The summed E-state index contributed by atoms with van der Waals surface area (Å²) in [5, 5.41) is 12.9. The van der Waals surface area contributed by atoms with E-state index in [9.17, 15) is 18.3 Å². The van der Waals surface area contributed by atoms with Gasteiger partial charge in [0.2, 0.25) is 0 Å². The van der Waals surface area contributed by atoms with Gasteiger partial charge in [0.05, 0.1) is 10.6 Å². The van der Waals surface area contributed by atoms with Gasteiger partial charge >= 0.3 is 6.36 Å². The van der Waals surface area contributed by atoms with Gasteiger partial charge in [0.25, 0.3) is 0 Å². The Balaban J connectivity index is 1.91. The summed E-state index contributed by atoms with van der Waals surface area (Å²) in [6.45, 7) is 0.544. The highest BCUT2D eigenvalue weighted by molar-refractivity contribution is 9.10. The fraction of sp³-hybridized carbons (Fsp3) is 0.571. The summed E-state index contributed by atoms with van der Waals surface area (Å²) >= 11 is 3.08. The molecular weight excluding hydrogens is 351 g/mol. The number of hydrogen-bond donors (Lipinski definition) is 2. The maximum Gasteiger partial charge on any atom is 0.573 e. The third-order valence-electron chi connectivity index (χ3n) is 3.46. The second kappa shape index (κ2) is 6.98. The highest BCUT2D eigenvalue weighted by Crippen LogP contribution is 2.31. The third-order valence-corrected chi connectivity index (χ3v) is 4.08. The number of hydrogen-bond acceptors (Lipinski definition) is 3. The van der Waals surface area contributed by atoms with Gasteiger partial charge in [-0.1, -0.05) is 6.07 Å². The zero-order chi connectivity index (χ0) is 15.5. The molecule has 2 atom stereocenters. The average Bonchev–Trinajstić information content (AvgIpc) is 2.38. The summed E-state index contributed by atoms with van der Waals surface area (Å²) in [6, 6.07) is 4.74. The van der Waals surface area contributed by atoms with Crippen LogP contribution in [0, 0.1) is 0 Å². The van der Waals surface area contributed by atoms with E-state index >= 15 is 0 Å². The molecule has 7 heteroatoms. The van der Waals surface area contributed by atoms with Crippen LogP contribution >= 0.6 is 15.9 Å². The number of alkyl halides is 3. The van der Waals surface area contributed by atoms with E-state index in [0.29, 0.717) is 6.54 Å². The average molecular weight is 368 g/mol. The number of ether oxygens (including phenoxy) is 1. The minimum absolute atomic E-state index is 0.249. The lowest BCUT2D eigenvalue weighted by molar-refractivity contribution is -0.274. The van der Waals surface area contributed by atoms with Crippen molar-refractivity contribution < 1.29 is 23.0 Å². The lowest BCUT2D eigenvalue weighted by Gasteiger charge is -2.26. The first-order chi connectivity index (χ1) is 9.83. The molecule has 0 heterocycles. The molecule has 0 saturated heterocycles. The van der Waals surface area contributed by atoms with Crippen molar-refractivity contribution in [1.82, 2.24) is 5.32 Å². The molecule has 1 fully saturated rings. The summed E-state index contributed by atoms with van der Waals surface area (Å²) in [4.78, 5) is 0. The zero-order valence-corrected chi connectivity index (χ0v) is 12.9. The van der Waals surface area contributed by atoms with Crippen molar-refractivity contribution in [3.8, 4) is 5.75 Å². The molecule has 2 unspecified atom stereocenters. The first-order valence-electron chi connectivity index (χ1n) is 6.79. The van der Waals surface area contributed by atoms with Crippen molar-refractivity contribution in [2.75, 3.05) is 0 Å². The van der Waals surface area contributed by atoms with Gasteiger partial charge in [-0.3, -0.25) is 0 Å². The quantitative estimate of drug-likeness (QED) is 0.851. The van der Waals surface area contributed by atoms with E-state index in [1.54, 1.807) is 12.1 Å². The van der Waals surface area contributed by atoms with Crippen molar-refractivity contribution >= 4 is 15.9 Å².